The van der Waals surface area contributed by atoms with E-state index in [1.807, 2.05) is 0 Å². The highest BCUT2D eigenvalue weighted by Crippen LogP contribution is 2.27. The van der Waals surface area contributed by atoms with Gasteiger partial charge in [-0.25, -0.2) is 12.8 Å². The molecule has 0 bridgehead atoms. The normalized spacial score (nSPS) is 10.9. The van der Waals surface area contributed by atoms with Crippen molar-refractivity contribution in [1.29, 1.82) is 0 Å². The topological polar surface area (TPSA) is 105 Å². The molecule has 0 heterocycles. The Labute approximate surface area is 191 Å². The Hall–Kier alpha value is -3.92. The molecule has 0 aliphatic heterocycles. The van der Waals surface area contributed by atoms with E-state index in [4.69, 9.17) is 4.74 Å². The minimum Gasteiger partial charge on any atom is -0.497 e. The zero-order valence-electron chi connectivity index (χ0n) is 17.9. The van der Waals surface area contributed by atoms with Gasteiger partial charge in [0.15, 0.2) is 0 Å². The van der Waals surface area contributed by atoms with E-state index in [1.54, 1.807) is 18.2 Å². The monoisotopic (exact) mass is 471 g/mol. The maximum absolute atomic E-state index is 14.6. The molecule has 33 heavy (non-hydrogen) atoms. The number of benzene rings is 3. The van der Waals surface area contributed by atoms with Gasteiger partial charge in [-0.3, -0.25) is 13.9 Å². The highest BCUT2D eigenvalue weighted by molar-refractivity contribution is 7.92. The molecule has 0 radical (unpaired) electrons. The van der Waals surface area contributed by atoms with E-state index in [-0.39, 0.29) is 16.5 Å². The Morgan fingerprint density at radius 1 is 0.939 bits per heavy atom. The van der Waals surface area contributed by atoms with E-state index in [0.29, 0.717) is 21.4 Å². The van der Waals surface area contributed by atoms with Crippen LogP contribution in [0.4, 0.5) is 21.5 Å². The number of ether oxygens (including phenoxy) is 1. The van der Waals surface area contributed by atoms with Gasteiger partial charge in [-0.2, -0.15) is 0 Å². The first kappa shape index (κ1) is 23.7. The van der Waals surface area contributed by atoms with Crippen LogP contribution in [0.2, 0.25) is 0 Å². The number of hydrogen-bond donors (Lipinski definition) is 2. The van der Waals surface area contributed by atoms with Crippen LogP contribution in [0.25, 0.3) is 0 Å². The van der Waals surface area contributed by atoms with Crippen molar-refractivity contribution in [2.75, 3.05) is 28.6 Å². The van der Waals surface area contributed by atoms with Gasteiger partial charge in [0.25, 0.3) is 10.0 Å². The molecule has 0 saturated heterocycles. The third-order valence-electron chi connectivity index (χ3n) is 4.52. The van der Waals surface area contributed by atoms with Crippen LogP contribution in [0.15, 0.2) is 77.7 Å². The van der Waals surface area contributed by atoms with E-state index in [1.165, 1.54) is 62.6 Å². The second-order valence-electron chi connectivity index (χ2n) is 6.95. The molecule has 0 spiro atoms. The summed E-state index contributed by atoms with van der Waals surface area (Å²) in [5.41, 5.74) is 0.522. The van der Waals surface area contributed by atoms with E-state index < -0.39 is 28.3 Å². The highest BCUT2D eigenvalue weighted by atomic mass is 32.2. The quantitative estimate of drug-likeness (QED) is 0.522. The number of nitrogens with zero attached hydrogens (tertiary/aromatic N) is 1. The Morgan fingerprint density at radius 3 is 2.18 bits per heavy atom. The molecule has 0 saturated carbocycles. The molecule has 0 unspecified atom stereocenters. The molecule has 2 amide bonds. The molecular formula is C23H22FN3O5S. The van der Waals surface area contributed by atoms with Gasteiger partial charge in [-0.15, -0.1) is 0 Å². The number of halogens is 1. The van der Waals surface area contributed by atoms with Crippen LogP contribution >= 0.6 is 0 Å². The Bertz CT molecular complexity index is 1260. The van der Waals surface area contributed by atoms with E-state index in [0.717, 1.165) is 6.07 Å². The van der Waals surface area contributed by atoms with Crippen molar-refractivity contribution in [3.63, 3.8) is 0 Å². The van der Waals surface area contributed by atoms with E-state index in [2.05, 4.69) is 10.6 Å². The Morgan fingerprint density at radius 2 is 1.58 bits per heavy atom. The molecule has 3 aromatic carbocycles. The predicted molar refractivity (Wildman–Crippen MR) is 123 cm³/mol. The lowest BCUT2D eigenvalue weighted by molar-refractivity contribution is -0.115. The van der Waals surface area contributed by atoms with Gasteiger partial charge in [0.05, 0.1) is 17.7 Å². The summed E-state index contributed by atoms with van der Waals surface area (Å²) in [6.07, 6.45) is 0. The number of methoxy groups -OCH3 is 1. The molecular weight excluding hydrogens is 449 g/mol. The summed E-state index contributed by atoms with van der Waals surface area (Å²) in [6.45, 7) is 0.668. The second kappa shape index (κ2) is 10.1. The van der Waals surface area contributed by atoms with E-state index >= 15 is 0 Å². The average molecular weight is 472 g/mol. The molecule has 0 aliphatic carbocycles. The van der Waals surface area contributed by atoms with Gasteiger partial charge in [-0.05, 0) is 54.6 Å². The molecule has 0 atom stereocenters. The third-order valence-corrected chi connectivity index (χ3v) is 6.30. The third kappa shape index (κ3) is 5.86. The second-order valence-corrected chi connectivity index (χ2v) is 8.81. The molecule has 3 rings (SSSR count). The van der Waals surface area contributed by atoms with Crippen molar-refractivity contribution in [2.24, 2.45) is 0 Å². The van der Waals surface area contributed by atoms with Crippen molar-refractivity contribution in [1.82, 2.24) is 0 Å². The Kier molecular flexibility index (Phi) is 7.29. The predicted octanol–water partition coefficient (Wildman–Crippen LogP) is 3.63. The number of para-hydroxylation sites is 1. The maximum atomic E-state index is 14.6. The number of sulfonamides is 1. The standard InChI is InChI=1S/C23H22FN3O5S/c1-16(28)25-17-6-5-7-18(14-17)26-23(29)15-27(22-9-4-3-8-21(22)24)33(30,31)20-12-10-19(32-2)11-13-20/h3-14H,15H2,1-2H3,(H,25,28)(H,26,29). The Balaban J connectivity index is 1.91. The first-order valence-corrected chi connectivity index (χ1v) is 11.2. The largest absolute Gasteiger partial charge is 0.497 e. The number of carbonyl (C=O) groups is 2. The maximum Gasteiger partial charge on any atom is 0.264 e. The summed E-state index contributed by atoms with van der Waals surface area (Å²) in [4.78, 5) is 23.9. The molecule has 10 heteroatoms. The average Bonchev–Trinajstić information content (AvgIpc) is 2.78. The smallest absolute Gasteiger partial charge is 0.264 e. The van der Waals surface area contributed by atoms with Crippen LogP contribution in [-0.4, -0.2) is 33.9 Å². The lowest BCUT2D eigenvalue weighted by atomic mass is 10.2. The van der Waals surface area contributed by atoms with Crippen LogP contribution in [0, 0.1) is 5.82 Å². The zero-order valence-corrected chi connectivity index (χ0v) is 18.7. The van der Waals surface area contributed by atoms with Crippen LogP contribution in [0.5, 0.6) is 5.75 Å². The molecule has 2 N–H and O–H groups in total. The van der Waals surface area contributed by atoms with Crippen molar-refractivity contribution < 1.29 is 27.1 Å². The van der Waals surface area contributed by atoms with Gasteiger partial charge < -0.3 is 15.4 Å². The highest BCUT2D eigenvalue weighted by Gasteiger charge is 2.29. The molecule has 0 aromatic heterocycles. The summed E-state index contributed by atoms with van der Waals surface area (Å²) in [5, 5.41) is 5.17. The number of rotatable bonds is 8. The number of anilines is 3. The SMILES string of the molecule is COc1ccc(S(=O)(=O)N(CC(=O)Nc2cccc(NC(C)=O)c2)c2ccccc2F)cc1. The van der Waals surface area contributed by atoms with Crippen LogP contribution < -0.4 is 19.7 Å². The lowest BCUT2D eigenvalue weighted by Gasteiger charge is -2.24. The van der Waals surface area contributed by atoms with Crippen LogP contribution in [0.3, 0.4) is 0 Å². The number of hydrogen-bond acceptors (Lipinski definition) is 5. The van der Waals surface area contributed by atoms with Crippen molar-refractivity contribution in [3.05, 3.63) is 78.6 Å². The molecule has 0 aliphatic rings. The van der Waals surface area contributed by atoms with Gasteiger partial charge >= 0.3 is 0 Å². The first-order chi connectivity index (χ1) is 15.7. The molecule has 3 aromatic rings. The van der Waals surface area contributed by atoms with Crippen LogP contribution in [-0.2, 0) is 19.6 Å². The summed E-state index contributed by atoms with van der Waals surface area (Å²) in [5.74, 6) is -1.33. The summed E-state index contributed by atoms with van der Waals surface area (Å²) < 4.78 is 47.0. The zero-order chi connectivity index (χ0) is 24.0. The fourth-order valence-corrected chi connectivity index (χ4v) is 4.47. The molecule has 0 fully saturated rings. The van der Waals surface area contributed by atoms with E-state index in [9.17, 15) is 22.4 Å². The first-order valence-electron chi connectivity index (χ1n) is 9.79. The summed E-state index contributed by atoms with van der Waals surface area (Å²) in [7, 11) is -2.85. The molecule has 172 valence electrons. The number of nitrogens with one attached hydrogen (secondary N) is 2. The minimum absolute atomic E-state index is 0.132. The van der Waals surface area contributed by atoms with Gasteiger partial charge in [0, 0.05) is 18.3 Å². The van der Waals surface area contributed by atoms with Crippen LogP contribution in [0.1, 0.15) is 6.92 Å². The van der Waals surface area contributed by atoms with Crippen molar-refractivity contribution in [3.8, 4) is 5.75 Å². The number of carbonyl (C=O) groups excluding carboxylic acids is 2. The fraction of sp³-hybridized carbons (Fsp3) is 0.130. The molecule has 8 nitrogen and oxygen atoms in total. The van der Waals surface area contributed by atoms with Gasteiger partial charge in [0.2, 0.25) is 11.8 Å². The minimum atomic E-state index is -4.29. The van der Waals surface area contributed by atoms with Gasteiger partial charge in [-0.1, -0.05) is 18.2 Å². The summed E-state index contributed by atoms with van der Waals surface area (Å²) >= 11 is 0. The van der Waals surface area contributed by atoms with Gasteiger partial charge in [0.1, 0.15) is 18.1 Å². The van der Waals surface area contributed by atoms with Crippen molar-refractivity contribution in [2.45, 2.75) is 11.8 Å². The van der Waals surface area contributed by atoms with Crippen molar-refractivity contribution >= 4 is 38.9 Å². The fourth-order valence-electron chi connectivity index (χ4n) is 3.04. The number of amides is 2. The lowest BCUT2D eigenvalue weighted by Crippen LogP contribution is -2.38. The summed E-state index contributed by atoms with van der Waals surface area (Å²) in [6, 6.07) is 17.2.